The van der Waals surface area contributed by atoms with E-state index in [1.54, 1.807) is 28.6 Å². The monoisotopic (exact) mass is 318 g/mol. The minimum absolute atomic E-state index is 0.357. The maximum absolute atomic E-state index is 12.7. The highest BCUT2D eigenvalue weighted by molar-refractivity contribution is 7.89. The maximum Gasteiger partial charge on any atom is 0.243 e. The van der Waals surface area contributed by atoms with Crippen LogP contribution in [0.3, 0.4) is 0 Å². The highest BCUT2D eigenvalue weighted by Crippen LogP contribution is 2.39. The van der Waals surface area contributed by atoms with Crippen LogP contribution in [0.15, 0.2) is 35.2 Å². The lowest BCUT2D eigenvalue weighted by Gasteiger charge is -2.19. The number of rotatable bonds is 3. The van der Waals surface area contributed by atoms with Crippen molar-refractivity contribution in [2.45, 2.75) is 36.6 Å². The molecule has 6 nitrogen and oxygen atoms in total. The van der Waals surface area contributed by atoms with E-state index in [4.69, 9.17) is 0 Å². The van der Waals surface area contributed by atoms with Gasteiger partial charge in [-0.2, -0.15) is 4.31 Å². The van der Waals surface area contributed by atoms with Crippen molar-refractivity contribution in [1.29, 1.82) is 0 Å². The molecule has 1 aliphatic heterocycles. The van der Waals surface area contributed by atoms with Crippen molar-refractivity contribution >= 4 is 10.0 Å². The molecule has 1 aliphatic carbocycles. The molecule has 1 aromatic heterocycles. The van der Waals surface area contributed by atoms with Crippen LogP contribution in [-0.4, -0.2) is 40.6 Å². The summed E-state index contributed by atoms with van der Waals surface area (Å²) in [4.78, 5) is 0.357. The smallest absolute Gasteiger partial charge is 0.243 e. The van der Waals surface area contributed by atoms with Crippen LogP contribution in [0.4, 0.5) is 0 Å². The molecule has 0 spiro atoms. The van der Waals surface area contributed by atoms with Crippen LogP contribution in [0.5, 0.6) is 0 Å². The summed E-state index contributed by atoms with van der Waals surface area (Å²) in [7, 11) is -3.43. The number of hydrogen-bond acceptors (Lipinski definition) is 4. The van der Waals surface area contributed by atoms with E-state index in [9.17, 15) is 8.42 Å². The molecule has 22 heavy (non-hydrogen) atoms. The molecule has 0 bridgehead atoms. The van der Waals surface area contributed by atoms with Crippen molar-refractivity contribution in [2.75, 3.05) is 13.1 Å². The average molecular weight is 318 g/mol. The van der Waals surface area contributed by atoms with Crippen molar-refractivity contribution in [2.24, 2.45) is 0 Å². The van der Waals surface area contributed by atoms with Gasteiger partial charge in [0, 0.05) is 32.0 Å². The van der Waals surface area contributed by atoms with Gasteiger partial charge >= 0.3 is 0 Å². The summed E-state index contributed by atoms with van der Waals surface area (Å²) >= 11 is 0. The zero-order chi connectivity index (χ0) is 15.2. The Morgan fingerprint density at radius 2 is 1.77 bits per heavy atom. The molecular formula is C15H18N4O2S. The second-order valence-electron chi connectivity index (χ2n) is 5.87. The van der Waals surface area contributed by atoms with Gasteiger partial charge in [-0.05, 0) is 25.0 Å². The zero-order valence-corrected chi connectivity index (χ0v) is 13.0. The topological polar surface area (TPSA) is 68.1 Å². The molecule has 1 aromatic carbocycles. The second-order valence-corrected chi connectivity index (χ2v) is 7.81. The molecule has 0 radical (unpaired) electrons. The predicted molar refractivity (Wildman–Crippen MR) is 80.9 cm³/mol. The van der Waals surface area contributed by atoms with Crippen LogP contribution >= 0.6 is 0 Å². The molecule has 1 saturated carbocycles. The Morgan fingerprint density at radius 1 is 1.00 bits per heavy atom. The van der Waals surface area contributed by atoms with Gasteiger partial charge in [0.25, 0.3) is 0 Å². The molecule has 2 heterocycles. The van der Waals surface area contributed by atoms with E-state index in [1.165, 1.54) is 12.8 Å². The van der Waals surface area contributed by atoms with E-state index in [1.807, 2.05) is 6.07 Å². The quantitative estimate of drug-likeness (QED) is 0.858. The van der Waals surface area contributed by atoms with Gasteiger partial charge in [0.2, 0.25) is 10.0 Å². The predicted octanol–water partition coefficient (Wildman–Crippen LogP) is 1.40. The lowest BCUT2D eigenvalue weighted by Crippen LogP contribution is -2.33. The van der Waals surface area contributed by atoms with E-state index >= 15 is 0 Å². The molecule has 2 aliphatic rings. The molecule has 0 saturated heterocycles. The highest BCUT2D eigenvalue weighted by Gasteiger charge is 2.33. The number of sulfonamides is 1. The summed E-state index contributed by atoms with van der Waals surface area (Å²) in [6.07, 6.45) is 2.96. The first kappa shape index (κ1) is 13.9. The third-order valence-corrected chi connectivity index (χ3v) is 6.25. The van der Waals surface area contributed by atoms with Crippen molar-refractivity contribution in [3.63, 3.8) is 0 Å². The van der Waals surface area contributed by atoms with Crippen molar-refractivity contribution < 1.29 is 8.42 Å². The minimum Gasteiger partial charge on any atom is -0.313 e. The van der Waals surface area contributed by atoms with Crippen LogP contribution in [0.2, 0.25) is 0 Å². The lowest BCUT2D eigenvalue weighted by molar-refractivity contribution is 0.412. The summed E-state index contributed by atoms with van der Waals surface area (Å²) in [5.74, 6) is 2.47. The standard InChI is InChI=1S/C15H18N4O2S/c20-22(21,13-4-2-1-3-5-13)18-9-8-14-16-17-15(12-6-7-12)19(14)11-10-18/h1-5,12H,6-11H2. The van der Waals surface area contributed by atoms with E-state index in [2.05, 4.69) is 14.8 Å². The molecular weight excluding hydrogens is 300 g/mol. The minimum atomic E-state index is -3.43. The van der Waals surface area contributed by atoms with Gasteiger partial charge in [-0.25, -0.2) is 8.42 Å². The van der Waals surface area contributed by atoms with Gasteiger partial charge in [0.15, 0.2) is 0 Å². The zero-order valence-electron chi connectivity index (χ0n) is 12.2. The van der Waals surface area contributed by atoms with Gasteiger partial charge in [-0.1, -0.05) is 18.2 Å². The third-order valence-electron chi connectivity index (χ3n) is 4.34. The summed E-state index contributed by atoms with van der Waals surface area (Å²) < 4.78 is 29.1. The van der Waals surface area contributed by atoms with Crippen LogP contribution in [0.25, 0.3) is 0 Å². The maximum atomic E-state index is 12.7. The van der Waals surface area contributed by atoms with Gasteiger partial charge in [0.1, 0.15) is 11.6 Å². The fourth-order valence-electron chi connectivity index (χ4n) is 2.95. The first-order valence-corrected chi connectivity index (χ1v) is 9.07. The first-order valence-electron chi connectivity index (χ1n) is 7.63. The van der Waals surface area contributed by atoms with Gasteiger partial charge < -0.3 is 4.57 Å². The molecule has 7 heteroatoms. The average Bonchev–Trinajstić information content (AvgIpc) is 3.33. The number of aromatic nitrogens is 3. The second kappa shape index (κ2) is 5.17. The SMILES string of the molecule is O=S(=O)(c1ccccc1)N1CCc2nnc(C3CC3)n2CC1. The fraction of sp³-hybridized carbons (Fsp3) is 0.467. The number of benzene rings is 1. The molecule has 0 atom stereocenters. The van der Waals surface area contributed by atoms with Crippen LogP contribution in [0, 0.1) is 0 Å². The van der Waals surface area contributed by atoms with Crippen molar-refractivity contribution in [3.05, 3.63) is 42.0 Å². The van der Waals surface area contributed by atoms with Gasteiger partial charge in [-0.15, -0.1) is 10.2 Å². The van der Waals surface area contributed by atoms with Crippen molar-refractivity contribution in [1.82, 2.24) is 19.1 Å². The van der Waals surface area contributed by atoms with Gasteiger partial charge in [-0.3, -0.25) is 0 Å². The van der Waals surface area contributed by atoms with Crippen LogP contribution < -0.4 is 0 Å². The summed E-state index contributed by atoms with van der Waals surface area (Å²) in [5, 5.41) is 8.55. The van der Waals surface area contributed by atoms with E-state index < -0.39 is 10.0 Å². The first-order chi connectivity index (χ1) is 10.7. The Morgan fingerprint density at radius 3 is 2.50 bits per heavy atom. The molecule has 1 fully saturated rings. The Labute approximate surface area is 129 Å². The van der Waals surface area contributed by atoms with Gasteiger partial charge in [0.05, 0.1) is 4.90 Å². The van der Waals surface area contributed by atoms with E-state index in [0.29, 0.717) is 36.9 Å². The summed E-state index contributed by atoms with van der Waals surface area (Å²) in [5.41, 5.74) is 0. The van der Waals surface area contributed by atoms with Crippen molar-refractivity contribution in [3.8, 4) is 0 Å². The molecule has 2 aromatic rings. The number of nitrogens with zero attached hydrogens (tertiary/aromatic N) is 4. The Bertz CT molecular complexity index is 781. The summed E-state index contributed by atoms with van der Waals surface area (Å²) in [6.45, 7) is 1.57. The Balaban J connectivity index is 1.59. The molecule has 0 N–H and O–H groups in total. The Hall–Kier alpha value is -1.73. The Kier molecular flexibility index (Phi) is 3.27. The number of hydrogen-bond donors (Lipinski definition) is 0. The summed E-state index contributed by atoms with van der Waals surface area (Å²) in [6, 6.07) is 8.63. The molecule has 0 amide bonds. The third kappa shape index (κ3) is 2.34. The van der Waals surface area contributed by atoms with E-state index in [0.717, 1.165) is 11.6 Å². The van der Waals surface area contributed by atoms with Crippen LogP contribution in [0.1, 0.15) is 30.4 Å². The largest absolute Gasteiger partial charge is 0.313 e. The fourth-order valence-corrected chi connectivity index (χ4v) is 4.40. The highest BCUT2D eigenvalue weighted by atomic mass is 32.2. The normalized spacial score (nSPS) is 19.6. The molecule has 0 unspecified atom stereocenters. The van der Waals surface area contributed by atoms with Crippen LogP contribution in [-0.2, 0) is 23.0 Å². The number of fused-ring (bicyclic) bond motifs is 1. The lowest BCUT2D eigenvalue weighted by atomic mass is 10.3. The molecule has 4 rings (SSSR count). The van der Waals surface area contributed by atoms with E-state index in [-0.39, 0.29) is 0 Å². The molecule has 116 valence electrons.